The smallest absolute Gasteiger partial charge is 0.350 e. The van der Waals surface area contributed by atoms with Gasteiger partial charge >= 0.3 is 5.97 Å². The maximum atomic E-state index is 13.9. The Morgan fingerprint density at radius 3 is 2.70 bits per heavy atom. The van der Waals surface area contributed by atoms with Gasteiger partial charge in [-0.05, 0) is 30.2 Å². The zero-order valence-corrected chi connectivity index (χ0v) is 11.8. The van der Waals surface area contributed by atoms with Gasteiger partial charge in [0.1, 0.15) is 16.5 Å². The number of esters is 1. The highest BCUT2D eigenvalue weighted by atomic mass is 32.1. The second-order valence-electron chi connectivity index (χ2n) is 4.12. The van der Waals surface area contributed by atoms with E-state index in [-0.39, 0.29) is 16.1 Å². The van der Waals surface area contributed by atoms with E-state index >= 15 is 0 Å². The van der Waals surface area contributed by atoms with Crippen LogP contribution in [0.25, 0.3) is 10.4 Å². The molecule has 0 radical (unpaired) electrons. The maximum Gasteiger partial charge on any atom is 0.350 e. The summed E-state index contributed by atoms with van der Waals surface area (Å²) in [6, 6.07) is 3.20. The summed E-state index contributed by atoms with van der Waals surface area (Å²) in [4.78, 5) is 12.3. The first-order valence-electron chi connectivity index (χ1n) is 5.94. The summed E-state index contributed by atoms with van der Waals surface area (Å²) < 4.78 is 31.8. The maximum absolute atomic E-state index is 13.9. The highest BCUT2D eigenvalue weighted by Gasteiger charge is 2.23. The average Bonchev–Trinajstić information content (AvgIpc) is 2.77. The standard InChI is InChI=1S/C14H13F2NO2S/c1-3-8-11(17)13(14(18)19-2)20-12(8)9-6-7(15)4-5-10(9)16/h4-6H,3,17H2,1-2H3. The Balaban J connectivity index is 2.68. The molecular weight excluding hydrogens is 284 g/mol. The third-order valence-electron chi connectivity index (χ3n) is 2.95. The third kappa shape index (κ3) is 2.38. The Bertz CT molecular complexity index is 667. The Labute approximate surface area is 119 Å². The number of methoxy groups -OCH3 is 1. The number of benzene rings is 1. The minimum Gasteiger partial charge on any atom is -0.465 e. The number of halogens is 2. The van der Waals surface area contributed by atoms with E-state index in [1.54, 1.807) is 0 Å². The third-order valence-corrected chi connectivity index (χ3v) is 4.21. The lowest BCUT2D eigenvalue weighted by molar-refractivity contribution is 0.0607. The van der Waals surface area contributed by atoms with E-state index in [1.807, 2.05) is 6.92 Å². The van der Waals surface area contributed by atoms with Gasteiger partial charge in [0, 0.05) is 10.4 Å². The van der Waals surface area contributed by atoms with Crippen LogP contribution in [0.3, 0.4) is 0 Å². The molecule has 2 aromatic rings. The number of rotatable bonds is 3. The molecule has 6 heteroatoms. The monoisotopic (exact) mass is 297 g/mol. The van der Waals surface area contributed by atoms with E-state index < -0.39 is 17.6 Å². The summed E-state index contributed by atoms with van der Waals surface area (Å²) in [6.07, 6.45) is 0.505. The van der Waals surface area contributed by atoms with Crippen LogP contribution in [0.1, 0.15) is 22.2 Å². The molecule has 0 bridgehead atoms. The molecule has 0 saturated heterocycles. The molecule has 0 unspecified atom stereocenters. The molecule has 0 aliphatic carbocycles. The number of nitrogen functional groups attached to an aromatic ring is 1. The molecule has 1 aromatic carbocycles. The molecule has 106 valence electrons. The van der Waals surface area contributed by atoms with Crippen LogP contribution in [0.4, 0.5) is 14.5 Å². The second kappa shape index (κ2) is 5.58. The van der Waals surface area contributed by atoms with Crippen LogP contribution in [0.5, 0.6) is 0 Å². The number of anilines is 1. The highest BCUT2D eigenvalue weighted by molar-refractivity contribution is 7.18. The van der Waals surface area contributed by atoms with Crippen LogP contribution in [-0.2, 0) is 11.2 Å². The van der Waals surface area contributed by atoms with Gasteiger partial charge in [0.15, 0.2) is 0 Å². The van der Waals surface area contributed by atoms with Crippen molar-refractivity contribution in [1.82, 2.24) is 0 Å². The second-order valence-corrected chi connectivity index (χ2v) is 5.14. The number of carbonyl (C=O) groups is 1. The van der Waals surface area contributed by atoms with Crippen molar-refractivity contribution in [3.63, 3.8) is 0 Å². The van der Waals surface area contributed by atoms with Gasteiger partial charge in [0.05, 0.1) is 12.8 Å². The van der Waals surface area contributed by atoms with Crippen molar-refractivity contribution < 1.29 is 18.3 Å². The Kier molecular flexibility index (Phi) is 4.04. The summed E-state index contributed by atoms with van der Waals surface area (Å²) >= 11 is 1.01. The van der Waals surface area contributed by atoms with Gasteiger partial charge in [-0.25, -0.2) is 13.6 Å². The Morgan fingerprint density at radius 2 is 2.10 bits per heavy atom. The molecule has 0 saturated carbocycles. The molecule has 2 rings (SSSR count). The predicted octanol–water partition coefficient (Wildman–Crippen LogP) is 3.62. The number of hydrogen-bond acceptors (Lipinski definition) is 4. The first-order chi connectivity index (χ1) is 9.49. The summed E-state index contributed by atoms with van der Waals surface area (Å²) in [6.45, 7) is 1.83. The minimum absolute atomic E-state index is 0.105. The molecule has 0 aliphatic rings. The van der Waals surface area contributed by atoms with Crippen LogP contribution in [0, 0.1) is 11.6 Å². The SMILES string of the molecule is CCc1c(-c2cc(F)ccc2F)sc(C(=O)OC)c1N. The molecule has 1 heterocycles. The lowest BCUT2D eigenvalue weighted by atomic mass is 10.1. The van der Waals surface area contributed by atoms with Crippen molar-refractivity contribution in [2.75, 3.05) is 12.8 Å². The molecule has 2 N–H and O–H groups in total. The molecule has 1 aromatic heterocycles. The van der Waals surface area contributed by atoms with Gasteiger partial charge in [0.2, 0.25) is 0 Å². The summed E-state index contributed by atoms with van der Waals surface area (Å²) in [5.74, 6) is -1.68. The van der Waals surface area contributed by atoms with Crippen molar-refractivity contribution in [1.29, 1.82) is 0 Å². The zero-order valence-electron chi connectivity index (χ0n) is 11.0. The fraction of sp³-hybridized carbons (Fsp3) is 0.214. The lowest BCUT2D eigenvalue weighted by Gasteiger charge is -2.04. The summed E-state index contributed by atoms with van der Waals surface area (Å²) in [5.41, 5.74) is 6.91. The van der Waals surface area contributed by atoms with Crippen molar-refractivity contribution in [2.45, 2.75) is 13.3 Å². The minimum atomic E-state index is -0.578. The van der Waals surface area contributed by atoms with E-state index in [2.05, 4.69) is 4.74 Å². The Morgan fingerprint density at radius 1 is 1.40 bits per heavy atom. The molecule has 3 nitrogen and oxygen atoms in total. The Hall–Kier alpha value is -1.95. The van der Waals surface area contributed by atoms with Crippen molar-refractivity contribution in [3.8, 4) is 10.4 Å². The fourth-order valence-corrected chi connectivity index (χ4v) is 3.21. The average molecular weight is 297 g/mol. The van der Waals surface area contributed by atoms with Crippen molar-refractivity contribution in [2.24, 2.45) is 0 Å². The first kappa shape index (κ1) is 14.5. The topological polar surface area (TPSA) is 52.3 Å². The van der Waals surface area contributed by atoms with E-state index in [9.17, 15) is 13.6 Å². The van der Waals surface area contributed by atoms with Gasteiger partial charge in [-0.1, -0.05) is 6.92 Å². The molecule has 0 fully saturated rings. The van der Waals surface area contributed by atoms with Crippen LogP contribution in [0.2, 0.25) is 0 Å². The van der Waals surface area contributed by atoms with Gasteiger partial charge < -0.3 is 10.5 Å². The molecular formula is C14H13F2NO2S. The van der Waals surface area contributed by atoms with E-state index in [1.165, 1.54) is 7.11 Å². The van der Waals surface area contributed by atoms with E-state index in [0.29, 0.717) is 16.9 Å². The zero-order chi connectivity index (χ0) is 14.9. The molecule has 0 spiro atoms. The van der Waals surface area contributed by atoms with Gasteiger partial charge in [0.25, 0.3) is 0 Å². The van der Waals surface area contributed by atoms with Crippen LogP contribution in [-0.4, -0.2) is 13.1 Å². The normalized spacial score (nSPS) is 10.6. The lowest BCUT2D eigenvalue weighted by Crippen LogP contribution is -2.02. The first-order valence-corrected chi connectivity index (χ1v) is 6.76. The highest BCUT2D eigenvalue weighted by Crippen LogP contribution is 2.40. The number of nitrogens with two attached hydrogens (primary N) is 1. The fourth-order valence-electron chi connectivity index (χ4n) is 1.96. The van der Waals surface area contributed by atoms with Crippen molar-refractivity contribution >= 4 is 23.0 Å². The van der Waals surface area contributed by atoms with Crippen molar-refractivity contribution in [3.05, 3.63) is 40.3 Å². The number of thiophene rings is 1. The number of ether oxygens (including phenoxy) is 1. The molecule has 0 atom stereocenters. The van der Waals surface area contributed by atoms with Crippen LogP contribution >= 0.6 is 11.3 Å². The summed E-state index contributed by atoms with van der Waals surface area (Å²) in [7, 11) is 1.25. The number of carbonyl (C=O) groups excluding carboxylic acids is 1. The molecule has 20 heavy (non-hydrogen) atoms. The van der Waals surface area contributed by atoms with E-state index in [0.717, 1.165) is 29.5 Å². The van der Waals surface area contributed by atoms with Crippen LogP contribution in [0.15, 0.2) is 18.2 Å². The van der Waals surface area contributed by atoms with Gasteiger partial charge in [-0.15, -0.1) is 11.3 Å². The van der Waals surface area contributed by atoms with Crippen LogP contribution < -0.4 is 5.73 Å². The van der Waals surface area contributed by atoms with Gasteiger partial charge in [-0.2, -0.15) is 0 Å². The largest absolute Gasteiger partial charge is 0.465 e. The predicted molar refractivity (Wildman–Crippen MR) is 74.8 cm³/mol. The molecule has 0 aliphatic heterocycles. The quantitative estimate of drug-likeness (QED) is 0.880. The van der Waals surface area contributed by atoms with E-state index in [4.69, 9.17) is 5.73 Å². The van der Waals surface area contributed by atoms with Gasteiger partial charge in [-0.3, -0.25) is 0 Å². The number of hydrogen-bond donors (Lipinski definition) is 1. The molecule has 0 amide bonds. The summed E-state index contributed by atoms with van der Waals surface area (Å²) in [5, 5.41) is 0.